The molecule has 3 aromatic rings. The zero-order valence-electron chi connectivity index (χ0n) is 14.0. The SMILES string of the molecule is O=C(Cc1csc(Cc2ccccc2)n1)Nc1ccc2c(c1)CCC2. The Morgan fingerprint density at radius 1 is 1.08 bits per heavy atom. The van der Waals surface area contributed by atoms with Crippen molar-refractivity contribution >= 4 is 22.9 Å². The Bertz CT molecular complexity index is 886. The summed E-state index contributed by atoms with van der Waals surface area (Å²) in [5.41, 5.74) is 5.77. The molecule has 1 aromatic heterocycles. The molecule has 25 heavy (non-hydrogen) atoms. The van der Waals surface area contributed by atoms with Crippen molar-refractivity contribution < 1.29 is 4.79 Å². The van der Waals surface area contributed by atoms with Gasteiger partial charge in [-0.2, -0.15) is 0 Å². The van der Waals surface area contributed by atoms with Crippen LogP contribution in [0, 0.1) is 0 Å². The van der Waals surface area contributed by atoms with Crippen molar-refractivity contribution in [1.82, 2.24) is 4.98 Å². The van der Waals surface area contributed by atoms with E-state index in [1.54, 1.807) is 11.3 Å². The smallest absolute Gasteiger partial charge is 0.230 e. The monoisotopic (exact) mass is 348 g/mol. The summed E-state index contributed by atoms with van der Waals surface area (Å²) in [5.74, 6) is -0.00509. The van der Waals surface area contributed by atoms with Crippen LogP contribution >= 0.6 is 11.3 Å². The molecule has 0 fully saturated rings. The highest BCUT2D eigenvalue weighted by Crippen LogP contribution is 2.25. The molecule has 126 valence electrons. The number of rotatable bonds is 5. The summed E-state index contributed by atoms with van der Waals surface area (Å²) in [6.45, 7) is 0. The van der Waals surface area contributed by atoms with Crippen LogP contribution in [0.3, 0.4) is 0 Å². The standard InChI is InChI=1S/C21H20N2OS/c24-20(22-18-10-9-16-7-4-8-17(16)12-18)13-19-14-25-21(23-19)11-15-5-2-1-3-6-15/h1-3,5-6,9-10,12,14H,4,7-8,11,13H2,(H,22,24). The van der Waals surface area contributed by atoms with Gasteiger partial charge < -0.3 is 5.32 Å². The molecule has 2 aromatic carbocycles. The fourth-order valence-electron chi connectivity index (χ4n) is 3.30. The van der Waals surface area contributed by atoms with E-state index < -0.39 is 0 Å². The van der Waals surface area contributed by atoms with Crippen molar-refractivity contribution in [3.63, 3.8) is 0 Å². The van der Waals surface area contributed by atoms with Gasteiger partial charge in [0.05, 0.1) is 17.1 Å². The van der Waals surface area contributed by atoms with Gasteiger partial charge in [0.25, 0.3) is 0 Å². The van der Waals surface area contributed by atoms with Crippen molar-refractivity contribution in [1.29, 1.82) is 0 Å². The molecule has 1 aliphatic rings. The van der Waals surface area contributed by atoms with Crippen LogP contribution in [-0.4, -0.2) is 10.9 Å². The van der Waals surface area contributed by atoms with E-state index >= 15 is 0 Å². The number of amides is 1. The van der Waals surface area contributed by atoms with E-state index in [1.165, 1.54) is 23.1 Å². The second kappa shape index (κ2) is 7.19. The van der Waals surface area contributed by atoms with Crippen molar-refractivity contribution in [2.75, 3.05) is 5.32 Å². The van der Waals surface area contributed by atoms with Gasteiger partial charge in [-0.15, -0.1) is 11.3 Å². The number of carbonyl (C=O) groups excluding carboxylic acids is 1. The molecule has 1 aliphatic carbocycles. The highest BCUT2D eigenvalue weighted by Gasteiger charge is 2.13. The van der Waals surface area contributed by atoms with Gasteiger partial charge in [-0.25, -0.2) is 4.98 Å². The topological polar surface area (TPSA) is 42.0 Å². The van der Waals surface area contributed by atoms with E-state index in [9.17, 15) is 4.79 Å². The molecule has 0 atom stereocenters. The number of carbonyl (C=O) groups is 1. The lowest BCUT2D eigenvalue weighted by Crippen LogP contribution is -2.14. The number of benzene rings is 2. The Morgan fingerprint density at radius 3 is 2.80 bits per heavy atom. The predicted octanol–water partition coefficient (Wildman–Crippen LogP) is 4.40. The average Bonchev–Trinajstić information content (AvgIpc) is 3.24. The van der Waals surface area contributed by atoms with E-state index in [2.05, 4.69) is 34.6 Å². The zero-order chi connectivity index (χ0) is 17.1. The molecule has 0 saturated heterocycles. The zero-order valence-corrected chi connectivity index (χ0v) is 14.8. The van der Waals surface area contributed by atoms with Gasteiger partial charge in [0, 0.05) is 17.5 Å². The van der Waals surface area contributed by atoms with Crippen molar-refractivity contribution in [2.24, 2.45) is 0 Å². The largest absolute Gasteiger partial charge is 0.326 e. The van der Waals surface area contributed by atoms with Crippen LogP contribution in [0.15, 0.2) is 53.9 Å². The molecule has 0 aliphatic heterocycles. The van der Waals surface area contributed by atoms with Gasteiger partial charge in [-0.1, -0.05) is 36.4 Å². The first kappa shape index (κ1) is 16.0. The summed E-state index contributed by atoms with van der Waals surface area (Å²) < 4.78 is 0. The molecule has 4 rings (SSSR count). The van der Waals surface area contributed by atoms with Gasteiger partial charge in [0.2, 0.25) is 5.91 Å². The maximum atomic E-state index is 12.3. The summed E-state index contributed by atoms with van der Waals surface area (Å²) in [4.78, 5) is 16.9. The summed E-state index contributed by atoms with van der Waals surface area (Å²) >= 11 is 1.62. The molecule has 1 amide bonds. The van der Waals surface area contributed by atoms with Crippen molar-refractivity contribution in [3.8, 4) is 0 Å². The quantitative estimate of drug-likeness (QED) is 0.742. The second-order valence-electron chi connectivity index (χ2n) is 6.46. The van der Waals surface area contributed by atoms with Gasteiger partial charge in [-0.3, -0.25) is 4.79 Å². The molecule has 4 heteroatoms. The Balaban J connectivity index is 1.36. The molecule has 0 bridgehead atoms. The first-order valence-electron chi connectivity index (χ1n) is 8.65. The third-order valence-electron chi connectivity index (χ3n) is 4.52. The first-order valence-corrected chi connectivity index (χ1v) is 9.53. The number of anilines is 1. The van der Waals surface area contributed by atoms with E-state index in [0.29, 0.717) is 6.42 Å². The maximum absolute atomic E-state index is 12.3. The van der Waals surface area contributed by atoms with Gasteiger partial charge in [0.1, 0.15) is 0 Å². The number of hydrogen-bond donors (Lipinski definition) is 1. The fraction of sp³-hybridized carbons (Fsp3) is 0.238. The average molecular weight is 348 g/mol. The van der Waals surface area contributed by atoms with Gasteiger partial charge >= 0.3 is 0 Å². The van der Waals surface area contributed by atoms with Crippen LogP contribution in [-0.2, 0) is 30.5 Å². The van der Waals surface area contributed by atoms with E-state index in [-0.39, 0.29) is 5.91 Å². The predicted molar refractivity (Wildman–Crippen MR) is 102 cm³/mol. The van der Waals surface area contributed by atoms with Crippen LogP contribution in [0.25, 0.3) is 0 Å². The lowest BCUT2D eigenvalue weighted by atomic mass is 10.1. The second-order valence-corrected chi connectivity index (χ2v) is 7.40. The molecule has 0 radical (unpaired) electrons. The maximum Gasteiger partial charge on any atom is 0.230 e. The Labute approximate surface area is 151 Å². The van der Waals surface area contributed by atoms with Gasteiger partial charge in [-0.05, 0) is 48.1 Å². The third-order valence-corrected chi connectivity index (χ3v) is 5.42. The van der Waals surface area contributed by atoms with Gasteiger partial charge in [0.15, 0.2) is 0 Å². The number of aromatic nitrogens is 1. The molecule has 1 N–H and O–H groups in total. The highest BCUT2D eigenvalue weighted by molar-refractivity contribution is 7.09. The van der Waals surface area contributed by atoms with E-state index in [4.69, 9.17) is 0 Å². The third kappa shape index (κ3) is 3.97. The first-order chi connectivity index (χ1) is 12.3. The molecule has 1 heterocycles. The number of aryl methyl sites for hydroxylation is 2. The highest BCUT2D eigenvalue weighted by atomic mass is 32.1. The fourth-order valence-corrected chi connectivity index (χ4v) is 4.13. The molecular weight excluding hydrogens is 328 g/mol. The van der Waals surface area contributed by atoms with Crippen LogP contribution in [0.5, 0.6) is 0 Å². The lowest BCUT2D eigenvalue weighted by molar-refractivity contribution is -0.115. The summed E-state index contributed by atoms with van der Waals surface area (Å²) in [7, 11) is 0. The Hall–Kier alpha value is -2.46. The lowest BCUT2D eigenvalue weighted by Gasteiger charge is -2.06. The van der Waals surface area contributed by atoms with Crippen LogP contribution in [0.1, 0.15) is 33.8 Å². The minimum atomic E-state index is -0.00509. The molecule has 3 nitrogen and oxygen atoms in total. The minimum absolute atomic E-state index is 0.00509. The Morgan fingerprint density at radius 2 is 1.92 bits per heavy atom. The minimum Gasteiger partial charge on any atom is -0.326 e. The van der Waals surface area contributed by atoms with Crippen LogP contribution in [0.2, 0.25) is 0 Å². The molecular formula is C21H20N2OS. The summed E-state index contributed by atoms with van der Waals surface area (Å²) in [6, 6.07) is 16.5. The summed E-state index contributed by atoms with van der Waals surface area (Å²) in [6.07, 6.45) is 4.64. The number of thiazole rings is 1. The number of fused-ring (bicyclic) bond motifs is 1. The summed E-state index contributed by atoms with van der Waals surface area (Å²) in [5, 5.41) is 6.04. The molecule has 0 spiro atoms. The van der Waals surface area contributed by atoms with Crippen LogP contribution < -0.4 is 5.32 Å². The Kier molecular flexibility index (Phi) is 4.61. The van der Waals surface area contributed by atoms with Crippen LogP contribution in [0.4, 0.5) is 5.69 Å². The van der Waals surface area contributed by atoms with E-state index in [0.717, 1.165) is 35.7 Å². The number of hydrogen-bond acceptors (Lipinski definition) is 3. The number of nitrogens with zero attached hydrogens (tertiary/aromatic N) is 1. The van der Waals surface area contributed by atoms with Crippen molar-refractivity contribution in [2.45, 2.75) is 32.1 Å². The number of nitrogens with one attached hydrogen (secondary N) is 1. The molecule has 0 unspecified atom stereocenters. The van der Waals surface area contributed by atoms with Crippen molar-refractivity contribution in [3.05, 3.63) is 81.3 Å². The van der Waals surface area contributed by atoms with E-state index in [1.807, 2.05) is 29.6 Å². The molecule has 0 saturated carbocycles. The normalized spacial score (nSPS) is 12.8.